The van der Waals surface area contributed by atoms with Gasteiger partial charge in [0.05, 0.1) is 15.9 Å². The SMILES string of the molecule is CCC(=O)N1CCCN(S(=O)(=O)c2ccc3nc(C)[nH]c3c2)CC1. The number of hydrogen-bond acceptors (Lipinski definition) is 4. The van der Waals surface area contributed by atoms with Crippen molar-refractivity contribution in [3.63, 3.8) is 0 Å². The molecule has 0 atom stereocenters. The van der Waals surface area contributed by atoms with Gasteiger partial charge in [-0.15, -0.1) is 0 Å². The number of hydrogen-bond donors (Lipinski definition) is 1. The Morgan fingerprint density at radius 1 is 1.25 bits per heavy atom. The molecule has 8 heteroatoms. The Morgan fingerprint density at radius 3 is 2.79 bits per heavy atom. The molecule has 7 nitrogen and oxygen atoms in total. The van der Waals surface area contributed by atoms with Crippen LogP contribution in [0.1, 0.15) is 25.6 Å². The molecule has 3 rings (SSSR count). The highest BCUT2D eigenvalue weighted by molar-refractivity contribution is 7.89. The van der Waals surface area contributed by atoms with Crippen molar-refractivity contribution in [3.05, 3.63) is 24.0 Å². The molecular weight excluding hydrogens is 328 g/mol. The van der Waals surface area contributed by atoms with Crippen molar-refractivity contribution >= 4 is 27.0 Å². The van der Waals surface area contributed by atoms with Crippen molar-refractivity contribution in [2.75, 3.05) is 26.2 Å². The van der Waals surface area contributed by atoms with Crippen LogP contribution >= 0.6 is 0 Å². The highest BCUT2D eigenvalue weighted by Gasteiger charge is 2.28. The summed E-state index contributed by atoms with van der Waals surface area (Å²) in [5.74, 6) is 0.826. The number of fused-ring (bicyclic) bond motifs is 1. The number of imidazole rings is 1. The second kappa shape index (κ2) is 6.52. The average Bonchev–Trinajstić information content (AvgIpc) is 2.77. The van der Waals surface area contributed by atoms with Crippen molar-refractivity contribution in [2.24, 2.45) is 0 Å². The molecule has 0 radical (unpaired) electrons. The molecule has 130 valence electrons. The summed E-state index contributed by atoms with van der Waals surface area (Å²) in [5, 5.41) is 0. The number of carbonyl (C=O) groups excluding carboxylic acids is 1. The van der Waals surface area contributed by atoms with Gasteiger partial charge in [0.1, 0.15) is 5.82 Å². The fourth-order valence-corrected chi connectivity index (χ4v) is 4.53. The van der Waals surface area contributed by atoms with Crippen LogP contribution in [0.2, 0.25) is 0 Å². The Morgan fingerprint density at radius 2 is 2.04 bits per heavy atom. The van der Waals surface area contributed by atoms with Gasteiger partial charge in [0.2, 0.25) is 15.9 Å². The van der Waals surface area contributed by atoms with Crippen molar-refractivity contribution in [2.45, 2.75) is 31.6 Å². The van der Waals surface area contributed by atoms with E-state index in [4.69, 9.17) is 0 Å². The van der Waals surface area contributed by atoms with E-state index in [1.807, 2.05) is 13.8 Å². The van der Waals surface area contributed by atoms with Gasteiger partial charge in [0.15, 0.2) is 0 Å². The maximum Gasteiger partial charge on any atom is 0.243 e. The molecular formula is C16H22N4O3S. The normalized spacial score (nSPS) is 17.2. The molecule has 2 heterocycles. The molecule has 1 aliphatic rings. The topological polar surface area (TPSA) is 86.4 Å². The van der Waals surface area contributed by atoms with Crippen molar-refractivity contribution in [1.82, 2.24) is 19.2 Å². The number of nitrogens with one attached hydrogen (secondary N) is 1. The lowest BCUT2D eigenvalue weighted by Crippen LogP contribution is -2.37. The summed E-state index contributed by atoms with van der Waals surface area (Å²) in [4.78, 5) is 21.2. The first-order valence-electron chi connectivity index (χ1n) is 8.16. The summed E-state index contributed by atoms with van der Waals surface area (Å²) in [5.41, 5.74) is 1.47. The zero-order chi connectivity index (χ0) is 17.3. The predicted octanol–water partition coefficient (Wildman–Crippen LogP) is 1.50. The summed E-state index contributed by atoms with van der Waals surface area (Å²) in [6.45, 7) is 5.46. The third kappa shape index (κ3) is 3.16. The standard InChI is InChI=1S/C16H22N4O3S/c1-3-16(21)19-7-4-8-20(10-9-19)24(22,23)13-5-6-14-15(11-13)18-12(2)17-14/h5-6,11H,3-4,7-10H2,1-2H3,(H,17,18). The van der Waals surface area contributed by atoms with Gasteiger partial charge in [-0.1, -0.05) is 6.92 Å². The summed E-state index contributed by atoms with van der Waals surface area (Å²) < 4.78 is 27.3. The van der Waals surface area contributed by atoms with Gasteiger partial charge in [-0.25, -0.2) is 13.4 Å². The Hall–Kier alpha value is -1.93. The van der Waals surface area contributed by atoms with E-state index in [9.17, 15) is 13.2 Å². The van der Waals surface area contributed by atoms with E-state index in [2.05, 4.69) is 9.97 Å². The quantitative estimate of drug-likeness (QED) is 0.909. The van der Waals surface area contributed by atoms with E-state index in [-0.39, 0.29) is 10.8 Å². The summed E-state index contributed by atoms with van der Waals surface area (Å²) in [6, 6.07) is 4.94. The highest BCUT2D eigenvalue weighted by Crippen LogP contribution is 2.22. The van der Waals surface area contributed by atoms with Crippen molar-refractivity contribution in [1.29, 1.82) is 0 Å². The van der Waals surface area contributed by atoms with Crippen LogP contribution in [0.15, 0.2) is 23.1 Å². The molecule has 1 aliphatic heterocycles. The first-order valence-corrected chi connectivity index (χ1v) is 9.60. The van der Waals surface area contributed by atoms with Crippen LogP contribution in [0.3, 0.4) is 0 Å². The number of aryl methyl sites for hydroxylation is 1. The van der Waals surface area contributed by atoms with Crippen LogP contribution in [0, 0.1) is 6.92 Å². The largest absolute Gasteiger partial charge is 0.342 e. The van der Waals surface area contributed by atoms with Crippen molar-refractivity contribution < 1.29 is 13.2 Å². The molecule has 0 spiro atoms. The van der Waals surface area contributed by atoms with Gasteiger partial charge in [-0.05, 0) is 31.5 Å². The molecule has 1 saturated heterocycles. The number of amides is 1. The monoisotopic (exact) mass is 350 g/mol. The van der Waals surface area contributed by atoms with E-state index in [1.165, 1.54) is 4.31 Å². The minimum Gasteiger partial charge on any atom is -0.342 e. The van der Waals surface area contributed by atoms with E-state index in [0.717, 1.165) is 11.3 Å². The van der Waals surface area contributed by atoms with Gasteiger partial charge in [-0.3, -0.25) is 4.79 Å². The molecule has 1 amide bonds. The zero-order valence-electron chi connectivity index (χ0n) is 13.9. The Labute approximate surface area is 141 Å². The summed E-state index contributed by atoms with van der Waals surface area (Å²) >= 11 is 0. The highest BCUT2D eigenvalue weighted by atomic mass is 32.2. The molecule has 1 fully saturated rings. The second-order valence-electron chi connectivity index (χ2n) is 5.99. The Kier molecular flexibility index (Phi) is 4.60. The maximum atomic E-state index is 12.9. The van der Waals surface area contributed by atoms with Crippen LogP contribution in [0.5, 0.6) is 0 Å². The molecule has 1 aromatic heterocycles. The summed E-state index contributed by atoms with van der Waals surface area (Å²) in [7, 11) is -3.58. The molecule has 1 aromatic carbocycles. The Balaban J connectivity index is 1.84. The minimum atomic E-state index is -3.58. The molecule has 0 unspecified atom stereocenters. The number of carbonyl (C=O) groups is 1. The van der Waals surface area contributed by atoms with Gasteiger partial charge in [-0.2, -0.15) is 4.31 Å². The molecule has 0 aliphatic carbocycles. The lowest BCUT2D eigenvalue weighted by atomic mass is 10.3. The van der Waals surface area contributed by atoms with Crippen LogP contribution in [-0.2, 0) is 14.8 Å². The molecule has 0 saturated carbocycles. The third-order valence-corrected chi connectivity index (χ3v) is 6.21. The number of aromatic amines is 1. The zero-order valence-corrected chi connectivity index (χ0v) is 14.8. The van der Waals surface area contributed by atoms with Gasteiger partial charge in [0.25, 0.3) is 0 Å². The number of rotatable bonds is 3. The molecule has 24 heavy (non-hydrogen) atoms. The van der Waals surface area contributed by atoms with Crippen molar-refractivity contribution in [3.8, 4) is 0 Å². The summed E-state index contributed by atoms with van der Waals surface area (Å²) in [6.07, 6.45) is 1.10. The second-order valence-corrected chi connectivity index (χ2v) is 7.93. The van der Waals surface area contributed by atoms with E-state index in [1.54, 1.807) is 23.1 Å². The molecule has 1 N–H and O–H groups in total. The predicted molar refractivity (Wildman–Crippen MR) is 91.1 cm³/mol. The first-order chi connectivity index (χ1) is 11.4. The first kappa shape index (κ1) is 16.9. The smallest absolute Gasteiger partial charge is 0.243 e. The van der Waals surface area contributed by atoms with Gasteiger partial charge < -0.3 is 9.88 Å². The third-order valence-electron chi connectivity index (χ3n) is 4.32. The van der Waals surface area contributed by atoms with E-state index >= 15 is 0 Å². The number of sulfonamides is 1. The fourth-order valence-electron chi connectivity index (χ4n) is 3.03. The van der Waals surface area contributed by atoms with Crippen LogP contribution in [-0.4, -0.2) is 59.7 Å². The lowest BCUT2D eigenvalue weighted by molar-refractivity contribution is -0.130. The number of aromatic nitrogens is 2. The van der Waals surface area contributed by atoms with E-state index in [0.29, 0.717) is 44.5 Å². The van der Waals surface area contributed by atoms with Gasteiger partial charge >= 0.3 is 0 Å². The number of H-pyrrole nitrogens is 1. The Bertz CT molecular complexity index is 859. The number of nitrogens with zero attached hydrogens (tertiary/aromatic N) is 3. The van der Waals surface area contributed by atoms with Crippen LogP contribution < -0.4 is 0 Å². The fraction of sp³-hybridized carbons (Fsp3) is 0.500. The molecule has 0 bridgehead atoms. The molecule has 2 aromatic rings. The average molecular weight is 350 g/mol. The number of benzene rings is 1. The van der Waals surface area contributed by atoms with Crippen LogP contribution in [0.25, 0.3) is 11.0 Å². The van der Waals surface area contributed by atoms with Crippen LogP contribution in [0.4, 0.5) is 0 Å². The minimum absolute atomic E-state index is 0.0728. The maximum absolute atomic E-state index is 12.9. The van der Waals surface area contributed by atoms with Gasteiger partial charge in [0, 0.05) is 32.6 Å². The van der Waals surface area contributed by atoms with E-state index < -0.39 is 10.0 Å². The lowest BCUT2D eigenvalue weighted by Gasteiger charge is -2.21.